The van der Waals surface area contributed by atoms with Gasteiger partial charge in [-0.3, -0.25) is 0 Å². The van der Waals surface area contributed by atoms with E-state index in [0.717, 1.165) is 18.4 Å². The zero-order valence-corrected chi connectivity index (χ0v) is 23.8. The molecule has 7 nitrogen and oxygen atoms in total. The molecule has 0 saturated heterocycles. The van der Waals surface area contributed by atoms with Crippen LogP contribution in [0.1, 0.15) is 91.5 Å². The van der Waals surface area contributed by atoms with E-state index in [-0.39, 0.29) is 16.9 Å². The summed E-state index contributed by atoms with van der Waals surface area (Å²) in [5.74, 6) is -1.22. The van der Waals surface area contributed by atoms with Gasteiger partial charge in [-0.1, -0.05) is 82.2 Å². The average molecular weight is 559 g/mol. The van der Waals surface area contributed by atoms with Gasteiger partial charge in [0.05, 0.1) is 17.7 Å². The van der Waals surface area contributed by atoms with Gasteiger partial charge in [-0.2, -0.15) is 0 Å². The van der Waals surface area contributed by atoms with Crippen LogP contribution in [-0.4, -0.2) is 24.5 Å². The van der Waals surface area contributed by atoms with Gasteiger partial charge in [-0.15, -0.1) is 0 Å². The van der Waals surface area contributed by atoms with Crippen molar-refractivity contribution in [2.24, 2.45) is 0 Å². The van der Waals surface area contributed by atoms with Crippen LogP contribution >= 0.6 is 0 Å². The van der Waals surface area contributed by atoms with Gasteiger partial charge in [0.15, 0.2) is 0 Å². The van der Waals surface area contributed by atoms with Gasteiger partial charge in [0, 0.05) is 5.57 Å². The molecule has 41 heavy (non-hydrogen) atoms. The SMILES string of the molecule is CCCCCCCCCCOc1ccc(C(=O)Oc2ccc(C(=O)OOC(=O)C(C)=Cc3ccccc3)cc2)cc1. The van der Waals surface area contributed by atoms with E-state index in [9.17, 15) is 14.4 Å². The third kappa shape index (κ3) is 11.3. The first kappa shape index (κ1) is 31.1. The fourth-order valence-corrected chi connectivity index (χ4v) is 3.99. The van der Waals surface area contributed by atoms with E-state index in [1.54, 1.807) is 37.3 Å². The first-order valence-electron chi connectivity index (χ1n) is 14.2. The maximum absolute atomic E-state index is 12.5. The van der Waals surface area contributed by atoms with Crippen LogP contribution in [0.5, 0.6) is 11.5 Å². The molecule has 0 spiro atoms. The summed E-state index contributed by atoms with van der Waals surface area (Å²) in [6.45, 7) is 4.44. The van der Waals surface area contributed by atoms with Gasteiger partial charge in [0.2, 0.25) is 0 Å². The zero-order valence-electron chi connectivity index (χ0n) is 23.8. The molecule has 0 aliphatic carbocycles. The largest absolute Gasteiger partial charge is 0.494 e. The molecule has 3 aromatic carbocycles. The Labute approximate surface area is 242 Å². The molecule has 216 valence electrons. The molecule has 3 aromatic rings. The number of esters is 1. The van der Waals surface area contributed by atoms with Crippen molar-refractivity contribution in [1.29, 1.82) is 0 Å². The molecule has 0 amide bonds. The summed E-state index contributed by atoms with van der Waals surface area (Å²) in [6, 6.07) is 21.8. The molecule has 0 unspecified atom stereocenters. The quantitative estimate of drug-likeness (QED) is 0.0464. The lowest BCUT2D eigenvalue weighted by Crippen LogP contribution is -2.12. The Morgan fingerprint density at radius 3 is 1.83 bits per heavy atom. The Bertz CT molecular complexity index is 1260. The molecule has 0 atom stereocenters. The molecule has 0 bridgehead atoms. The highest BCUT2D eigenvalue weighted by molar-refractivity contribution is 5.94. The third-order valence-corrected chi connectivity index (χ3v) is 6.35. The summed E-state index contributed by atoms with van der Waals surface area (Å²) in [4.78, 5) is 46.2. The highest BCUT2D eigenvalue weighted by Gasteiger charge is 2.15. The van der Waals surface area contributed by atoms with Crippen molar-refractivity contribution in [2.45, 2.75) is 65.2 Å². The second-order valence-corrected chi connectivity index (χ2v) is 9.74. The van der Waals surface area contributed by atoms with Crippen LogP contribution in [0.2, 0.25) is 0 Å². The maximum atomic E-state index is 12.5. The monoisotopic (exact) mass is 558 g/mol. The van der Waals surface area contributed by atoms with Gasteiger partial charge >= 0.3 is 17.9 Å². The Morgan fingerprint density at radius 1 is 0.634 bits per heavy atom. The lowest BCUT2D eigenvalue weighted by atomic mass is 10.1. The Morgan fingerprint density at radius 2 is 1.20 bits per heavy atom. The summed E-state index contributed by atoms with van der Waals surface area (Å²) >= 11 is 0. The first-order chi connectivity index (χ1) is 20.0. The smallest absolute Gasteiger partial charge is 0.386 e. The Kier molecular flexibility index (Phi) is 13.2. The van der Waals surface area contributed by atoms with E-state index in [0.29, 0.717) is 17.9 Å². The van der Waals surface area contributed by atoms with Gasteiger partial charge in [0.1, 0.15) is 11.5 Å². The molecule has 0 aliphatic heterocycles. The Balaban J connectivity index is 1.38. The molecular formula is C34H38O7. The summed E-state index contributed by atoms with van der Waals surface area (Å²) in [6.07, 6.45) is 11.5. The topological polar surface area (TPSA) is 88.1 Å². The van der Waals surface area contributed by atoms with Crippen molar-refractivity contribution >= 4 is 24.0 Å². The third-order valence-electron chi connectivity index (χ3n) is 6.35. The molecule has 0 N–H and O–H groups in total. The van der Waals surface area contributed by atoms with Crippen molar-refractivity contribution < 1.29 is 33.6 Å². The van der Waals surface area contributed by atoms with Gasteiger partial charge in [-0.05, 0) is 73.5 Å². The summed E-state index contributed by atoms with van der Waals surface area (Å²) in [7, 11) is 0. The van der Waals surface area contributed by atoms with E-state index in [4.69, 9.17) is 9.47 Å². The van der Waals surface area contributed by atoms with Crippen LogP contribution in [0, 0.1) is 0 Å². The highest BCUT2D eigenvalue weighted by Crippen LogP contribution is 2.18. The van der Waals surface area contributed by atoms with Gasteiger partial charge < -0.3 is 9.47 Å². The van der Waals surface area contributed by atoms with E-state index >= 15 is 0 Å². The number of carbonyl (C=O) groups excluding carboxylic acids is 3. The van der Waals surface area contributed by atoms with Crippen molar-refractivity contribution in [3.63, 3.8) is 0 Å². The second-order valence-electron chi connectivity index (χ2n) is 9.74. The number of carbonyl (C=O) groups is 3. The summed E-state index contributed by atoms with van der Waals surface area (Å²) in [5, 5.41) is 0. The predicted molar refractivity (Wildman–Crippen MR) is 158 cm³/mol. The number of benzene rings is 3. The zero-order chi connectivity index (χ0) is 29.3. The normalized spacial score (nSPS) is 11.0. The molecule has 0 fully saturated rings. The maximum Gasteiger partial charge on any atom is 0.386 e. The molecule has 0 aliphatic rings. The minimum absolute atomic E-state index is 0.125. The van der Waals surface area contributed by atoms with Crippen molar-refractivity contribution in [3.05, 3.63) is 101 Å². The lowest BCUT2D eigenvalue weighted by Gasteiger charge is -2.08. The van der Waals surface area contributed by atoms with Crippen LogP contribution in [0.15, 0.2) is 84.4 Å². The van der Waals surface area contributed by atoms with Gasteiger partial charge in [-0.25, -0.2) is 24.2 Å². The molecule has 0 radical (unpaired) electrons. The number of rotatable bonds is 15. The molecule has 0 saturated carbocycles. The molecular weight excluding hydrogens is 520 g/mol. The first-order valence-corrected chi connectivity index (χ1v) is 14.2. The van der Waals surface area contributed by atoms with Crippen LogP contribution in [0.25, 0.3) is 6.08 Å². The predicted octanol–water partition coefficient (Wildman–Crippen LogP) is 8.14. The molecule has 0 aromatic heterocycles. The minimum atomic E-state index is -0.855. The standard InChI is InChI=1S/C34H38O7/c1-3-4-5-6-7-8-9-13-24-38-30-20-16-28(17-21-30)33(36)39-31-22-18-29(19-23-31)34(37)41-40-32(35)26(2)25-27-14-11-10-12-15-27/h10-12,14-23,25H,3-9,13,24H2,1-2H3. The fraction of sp³-hybridized carbons (Fsp3) is 0.324. The highest BCUT2D eigenvalue weighted by atomic mass is 17.2. The lowest BCUT2D eigenvalue weighted by molar-refractivity contribution is -0.229. The number of hydrogen-bond donors (Lipinski definition) is 0. The number of ether oxygens (including phenoxy) is 2. The molecule has 0 heterocycles. The van der Waals surface area contributed by atoms with E-state index in [2.05, 4.69) is 16.7 Å². The molecule has 7 heteroatoms. The second kappa shape index (κ2) is 17.3. The number of unbranched alkanes of at least 4 members (excludes halogenated alkanes) is 7. The minimum Gasteiger partial charge on any atom is -0.494 e. The van der Waals surface area contributed by atoms with Gasteiger partial charge in [0.25, 0.3) is 0 Å². The summed E-state index contributed by atoms with van der Waals surface area (Å²) in [5.41, 5.74) is 1.59. The van der Waals surface area contributed by atoms with Crippen LogP contribution in [-0.2, 0) is 14.6 Å². The van der Waals surface area contributed by atoms with Crippen LogP contribution < -0.4 is 9.47 Å². The van der Waals surface area contributed by atoms with Crippen molar-refractivity contribution in [3.8, 4) is 11.5 Å². The molecule has 3 rings (SSSR count). The average Bonchev–Trinajstić information content (AvgIpc) is 3.00. The van der Waals surface area contributed by atoms with Crippen molar-refractivity contribution in [2.75, 3.05) is 6.61 Å². The van der Waals surface area contributed by atoms with E-state index < -0.39 is 17.9 Å². The van der Waals surface area contributed by atoms with Crippen LogP contribution in [0.3, 0.4) is 0 Å². The fourth-order valence-electron chi connectivity index (χ4n) is 3.99. The van der Waals surface area contributed by atoms with Crippen molar-refractivity contribution in [1.82, 2.24) is 0 Å². The summed E-state index contributed by atoms with van der Waals surface area (Å²) < 4.78 is 11.2. The van der Waals surface area contributed by atoms with E-state index in [1.807, 2.05) is 30.3 Å². The van der Waals surface area contributed by atoms with Crippen LogP contribution in [0.4, 0.5) is 0 Å². The Hall–Kier alpha value is -4.39. The number of hydrogen-bond acceptors (Lipinski definition) is 7. The van der Waals surface area contributed by atoms with E-state index in [1.165, 1.54) is 62.8 Å².